The van der Waals surface area contributed by atoms with Gasteiger partial charge in [0.15, 0.2) is 11.5 Å². The molecule has 1 aromatic heterocycles. The molecule has 0 amide bonds. The smallest absolute Gasteiger partial charge is 0.170 e. The van der Waals surface area contributed by atoms with Crippen LogP contribution in [0.3, 0.4) is 0 Å². The second-order valence-corrected chi connectivity index (χ2v) is 6.97. The van der Waals surface area contributed by atoms with Gasteiger partial charge in [-0.3, -0.25) is 4.90 Å². The number of aromatic nitrogens is 1. The largest absolute Gasteiger partial charge is 0.493 e. The molecule has 0 saturated carbocycles. The number of benzene rings is 1. The van der Waals surface area contributed by atoms with Gasteiger partial charge in [0.25, 0.3) is 0 Å². The molecule has 0 spiro atoms. The number of nitrogens with zero attached hydrogens (tertiary/aromatic N) is 2. The van der Waals surface area contributed by atoms with E-state index in [1.165, 1.54) is 0 Å². The summed E-state index contributed by atoms with van der Waals surface area (Å²) in [6, 6.07) is 6.25. The number of hydrogen-bond acceptors (Lipinski definition) is 7. The fourth-order valence-electron chi connectivity index (χ4n) is 3.01. The van der Waals surface area contributed by atoms with Crippen molar-refractivity contribution in [3.05, 3.63) is 29.3 Å². The van der Waals surface area contributed by atoms with E-state index in [1.807, 2.05) is 18.2 Å². The summed E-state index contributed by atoms with van der Waals surface area (Å²) in [6.07, 6.45) is 0. The van der Waals surface area contributed by atoms with Crippen LogP contribution in [0.5, 0.6) is 11.5 Å². The van der Waals surface area contributed by atoms with Gasteiger partial charge in [0.1, 0.15) is 5.01 Å². The molecule has 1 unspecified atom stereocenters. The molecule has 0 bridgehead atoms. The molecule has 6 nitrogen and oxygen atoms in total. The summed E-state index contributed by atoms with van der Waals surface area (Å²) in [5.41, 5.74) is 2.02. The van der Waals surface area contributed by atoms with Crippen molar-refractivity contribution >= 4 is 11.3 Å². The zero-order chi connectivity index (χ0) is 17.6. The quantitative estimate of drug-likeness (QED) is 0.814. The maximum atomic E-state index is 5.52. The Morgan fingerprint density at radius 1 is 1.36 bits per heavy atom. The van der Waals surface area contributed by atoms with Gasteiger partial charge in [0.2, 0.25) is 0 Å². The Morgan fingerprint density at radius 3 is 2.96 bits per heavy atom. The lowest BCUT2D eigenvalue weighted by atomic mass is 10.2. The summed E-state index contributed by atoms with van der Waals surface area (Å²) in [4.78, 5) is 7.06. The molecule has 1 fully saturated rings. The van der Waals surface area contributed by atoms with Crippen molar-refractivity contribution in [1.82, 2.24) is 15.2 Å². The minimum absolute atomic E-state index is 0.385. The second kappa shape index (κ2) is 8.62. The van der Waals surface area contributed by atoms with E-state index in [1.54, 1.807) is 25.6 Å². The zero-order valence-corrected chi connectivity index (χ0v) is 15.8. The van der Waals surface area contributed by atoms with Crippen molar-refractivity contribution in [2.24, 2.45) is 0 Å². The first-order chi connectivity index (χ1) is 12.2. The normalized spacial score (nSPS) is 17.7. The van der Waals surface area contributed by atoms with E-state index >= 15 is 0 Å². The summed E-state index contributed by atoms with van der Waals surface area (Å²) in [7, 11) is 5.41. The lowest BCUT2D eigenvalue weighted by molar-refractivity contribution is 0.0644. The summed E-state index contributed by atoms with van der Waals surface area (Å²) < 4.78 is 16.4. The van der Waals surface area contributed by atoms with Gasteiger partial charge in [-0.05, 0) is 19.2 Å². The zero-order valence-electron chi connectivity index (χ0n) is 14.9. The van der Waals surface area contributed by atoms with Crippen LogP contribution in [-0.2, 0) is 11.3 Å². The van der Waals surface area contributed by atoms with Crippen molar-refractivity contribution in [2.75, 3.05) is 47.6 Å². The van der Waals surface area contributed by atoms with Crippen LogP contribution >= 0.6 is 11.3 Å². The first-order valence-corrected chi connectivity index (χ1v) is 9.24. The van der Waals surface area contributed by atoms with Crippen molar-refractivity contribution < 1.29 is 14.2 Å². The molecule has 7 heteroatoms. The molecule has 1 aromatic carbocycles. The van der Waals surface area contributed by atoms with E-state index in [4.69, 9.17) is 19.2 Å². The van der Waals surface area contributed by atoms with Gasteiger partial charge in [0.05, 0.1) is 38.7 Å². The Morgan fingerprint density at radius 2 is 2.24 bits per heavy atom. The molecule has 1 atom stereocenters. The highest BCUT2D eigenvalue weighted by Crippen LogP contribution is 2.39. The summed E-state index contributed by atoms with van der Waals surface area (Å²) in [6.45, 7) is 4.25. The van der Waals surface area contributed by atoms with Crippen LogP contribution in [-0.4, -0.2) is 63.5 Å². The predicted molar refractivity (Wildman–Crippen MR) is 99.6 cm³/mol. The molecule has 3 rings (SSSR count). The highest BCUT2D eigenvalue weighted by molar-refractivity contribution is 7.13. The molecular weight excluding hydrogens is 338 g/mol. The molecule has 1 saturated heterocycles. The Balaban J connectivity index is 1.68. The van der Waals surface area contributed by atoms with Crippen LogP contribution in [0.25, 0.3) is 10.6 Å². The van der Waals surface area contributed by atoms with Crippen molar-refractivity contribution in [1.29, 1.82) is 0 Å². The fraction of sp³-hybridized carbons (Fsp3) is 0.500. The summed E-state index contributed by atoms with van der Waals surface area (Å²) >= 11 is 1.63. The van der Waals surface area contributed by atoms with E-state index in [2.05, 4.69) is 22.6 Å². The van der Waals surface area contributed by atoms with Crippen molar-refractivity contribution in [3.8, 4) is 22.1 Å². The standard InChI is InChI=1S/C18H25N3O3S/c1-21(9-13-11-24-8-7-19-13)10-14-12-25-18(20-14)15-5-4-6-16(22-2)17(15)23-3/h4-6,12-13,19H,7-11H2,1-3H3. The average molecular weight is 363 g/mol. The number of hydrogen-bond donors (Lipinski definition) is 1. The Labute approximate surface area is 152 Å². The minimum atomic E-state index is 0.385. The van der Waals surface area contributed by atoms with Crippen LogP contribution in [0, 0.1) is 0 Å². The summed E-state index contributed by atoms with van der Waals surface area (Å²) in [5, 5.41) is 6.53. The maximum Gasteiger partial charge on any atom is 0.170 e. The Bertz CT molecular complexity index is 686. The number of methoxy groups -OCH3 is 2. The first kappa shape index (κ1) is 18.1. The molecular formula is C18H25N3O3S. The number of likely N-dealkylation sites (N-methyl/N-ethyl adjacent to an activating group) is 1. The number of rotatable bonds is 7. The topological polar surface area (TPSA) is 55.9 Å². The SMILES string of the molecule is COc1cccc(-c2nc(CN(C)CC3COCCN3)cs2)c1OC. The van der Waals surface area contributed by atoms with E-state index < -0.39 is 0 Å². The minimum Gasteiger partial charge on any atom is -0.493 e. The van der Waals surface area contributed by atoms with E-state index in [0.717, 1.165) is 60.6 Å². The Kier molecular flexibility index (Phi) is 6.25. The van der Waals surface area contributed by atoms with Gasteiger partial charge in [-0.25, -0.2) is 4.98 Å². The number of thiazole rings is 1. The molecule has 1 aliphatic heterocycles. The van der Waals surface area contributed by atoms with E-state index in [9.17, 15) is 0 Å². The van der Waals surface area contributed by atoms with Gasteiger partial charge >= 0.3 is 0 Å². The van der Waals surface area contributed by atoms with Crippen LogP contribution in [0.15, 0.2) is 23.6 Å². The van der Waals surface area contributed by atoms with Gasteiger partial charge in [-0.15, -0.1) is 11.3 Å². The number of ether oxygens (including phenoxy) is 3. The van der Waals surface area contributed by atoms with Crippen LogP contribution < -0.4 is 14.8 Å². The molecule has 136 valence electrons. The average Bonchev–Trinajstić information content (AvgIpc) is 3.09. The highest BCUT2D eigenvalue weighted by Gasteiger charge is 2.17. The number of nitrogens with one attached hydrogen (secondary N) is 1. The lowest BCUT2D eigenvalue weighted by Gasteiger charge is -2.27. The van der Waals surface area contributed by atoms with Crippen LogP contribution in [0.2, 0.25) is 0 Å². The van der Waals surface area contributed by atoms with Crippen molar-refractivity contribution in [3.63, 3.8) is 0 Å². The molecule has 1 N–H and O–H groups in total. The molecule has 0 aliphatic carbocycles. The third-order valence-electron chi connectivity index (χ3n) is 4.15. The monoisotopic (exact) mass is 363 g/mol. The molecule has 2 heterocycles. The van der Waals surface area contributed by atoms with Gasteiger partial charge in [-0.2, -0.15) is 0 Å². The number of morpholine rings is 1. The van der Waals surface area contributed by atoms with E-state index in [0.29, 0.717) is 6.04 Å². The van der Waals surface area contributed by atoms with Crippen LogP contribution in [0.4, 0.5) is 0 Å². The second-order valence-electron chi connectivity index (χ2n) is 6.11. The first-order valence-electron chi connectivity index (χ1n) is 8.36. The summed E-state index contributed by atoms with van der Waals surface area (Å²) in [5.74, 6) is 1.44. The third-order valence-corrected chi connectivity index (χ3v) is 5.07. The van der Waals surface area contributed by atoms with Gasteiger partial charge < -0.3 is 19.5 Å². The number of para-hydroxylation sites is 1. The van der Waals surface area contributed by atoms with Crippen LogP contribution in [0.1, 0.15) is 5.69 Å². The molecule has 2 aromatic rings. The van der Waals surface area contributed by atoms with Crippen molar-refractivity contribution in [2.45, 2.75) is 12.6 Å². The third kappa shape index (κ3) is 4.49. The van der Waals surface area contributed by atoms with Gasteiger partial charge in [0, 0.05) is 31.1 Å². The maximum absolute atomic E-state index is 5.52. The predicted octanol–water partition coefficient (Wildman–Crippen LogP) is 2.25. The van der Waals surface area contributed by atoms with Gasteiger partial charge in [-0.1, -0.05) is 6.07 Å². The molecule has 0 radical (unpaired) electrons. The van der Waals surface area contributed by atoms with E-state index in [-0.39, 0.29) is 0 Å². The Hall–Kier alpha value is -1.67. The molecule has 25 heavy (non-hydrogen) atoms. The lowest BCUT2D eigenvalue weighted by Crippen LogP contribution is -2.47. The highest BCUT2D eigenvalue weighted by atomic mass is 32.1. The fourth-order valence-corrected chi connectivity index (χ4v) is 3.85. The molecule has 1 aliphatic rings.